The van der Waals surface area contributed by atoms with Crippen molar-refractivity contribution in [2.24, 2.45) is 0 Å². The first kappa shape index (κ1) is 49.7. The molecule has 0 unspecified atom stereocenters. The van der Waals surface area contributed by atoms with E-state index in [4.69, 9.17) is 15.0 Å². The molecular formula is C72H50IrN5. The van der Waals surface area contributed by atoms with E-state index in [-0.39, 0.29) is 25.5 Å². The summed E-state index contributed by atoms with van der Waals surface area (Å²) >= 11 is 0. The van der Waals surface area contributed by atoms with Gasteiger partial charge in [0.05, 0.1) is 5.65 Å². The minimum Gasteiger partial charge on any atom is -0.328 e. The van der Waals surface area contributed by atoms with Gasteiger partial charge in [-0.15, -0.1) is 71.8 Å². The van der Waals surface area contributed by atoms with Crippen LogP contribution in [0.3, 0.4) is 0 Å². The van der Waals surface area contributed by atoms with Crippen LogP contribution in [0.4, 0.5) is 0 Å². The van der Waals surface area contributed by atoms with Crippen LogP contribution in [0.2, 0.25) is 0 Å². The molecule has 4 heterocycles. The molecule has 372 valence electrons. The summed E-state index contributed by atoms with van der Waals surface area (Å²) in [5.41, 5.74) is 22.7. The molecule has 0 radical (unpaired) electrons. The van der Waals surface area contributed by atoms with E-state index in [1.165, 1.54) is 11.1 Å². The molecule has 0 spiro atoms. The fourth-order valence-electron chi connectivity index (χ4n) is 10.7. The summed E-state index contributed by atoms with van der Waals surface area (Å²) < 4.78 is 2.10. The number of imidazole rings is 1. The second-order valence-electron chi connectivity index (χ2n) is 20.4. The maximum Gasteiger partial charge on any atom is 3.00 e. The summed E-state index contributed by atoms with van der Waals surface area (Å²) in [7, 11) is 0. The van der Waals surface area contributed by atoms with Gasteiger partial charge in [-0.05, 0) is 97.3 Å². The van der Waals surface area contributed by atoms with E-state index in [1.54, 1.807) is 0 Å². The standard InChI is InChI=1S/C72H50N5.Ir/c1-72(2,3)71-76-69-47-53(35-38-65(69)70-75-41-42-77(70)71)59-20-8-10-22-61(59)56-43-55(60-21-9-7-19-58(60)50-31-33-52(34-32-50)67-25-13-15-39-73-67)44-57(45-56)62-23-11-12-24-63(62)64-37-36-54(68-26-14-16-40-74-68)46-66(64)51-29-27-49(28-30-51)48-17-5-4-6-18-48;/h4-33,35,37,39-47H,1-3H3;/q-3;+3. The van der Waals surface area contributed by atoms with Gasteiger partial charge in [0.15, 0.2) is 0 Å². The van der Waals surface area contributed by atoms with Crippen molar-refractivity contribution in [2.75, 3.05) is 0 Å². The van der Waals surface area contributed by atoms with Crippen molar-refractivity contribution < 1.29 is 20.1 Å². The van der Waals surface area contributed by atoms with Crippen LogP contribution in [0.15, 0.2) is 249 Å². The molecule has 9 aromatic carbocycles. The van der Waals surface area contributed by atoms with Gasteiger partial charge in [-0.1, -0.05) is 217 Å². The predicted octanol–water partition coefficient (Wildman–Crippen LogP) is 18.0. The van der Waals surface area contributed by atoms with E-state index < -0.39 is 0 Å². The Labute approximate surface area is 469 Å². The number of hydrogen-bond acceptors (Lipinski definition) is 4. The fraction of sp³-hybridized carbons (Fsp3) is 0.0556. The maximum absolute atomic E-state index is 5.29. The zero-order valence-electron chi connectivity index (χ0n) is 43.2. The summed E-state index contributed by atoms with van der Waals surface area (Å²) in [4.78, 5) is 19.4. The van der Waals surface area contributed by atoms with Crippen LogP contribution < -0.4 is 0 Å². The normalized spacial score (nSPS) is 11.4. The molecule has 0 bridgehead atoms. The van der Waals surface area contributed by atoms with E-state index in [0.29, 0.717) is 0 Å². The minimum absolute atomic E-state index is 0. The SMILES string of the molecule is CC(C)(C)c1nc2cc(-c3ccccc3-c3cc(-c4ccccc4-c4c[c-]c(-c5ccccn5)cc4)cc(-c4ccccc4-c4c[c-]c(-c5ccccn5)cc4-c4ccc(-c5ccccc5)cc4)c3)c[c-]c2c2nccn12.[Ir+3]. The molecule has 4 aromatic heterocycles. The Balaban J connectivity index is 0.00000609. The van der Waals surface area contributed by atoms with E-state index in [2.05, 4.69) is 236 Å². The first-order valence-corrected chi connectivity index (χ1v) is 26.0. The maximum atomic E-state index is 5.29. The van der Waals surface area contributed by atoms with E-state index in [1.807, 2.05) is 61.2 Å². The average Bonchev–Trinajstić information content (AvgIpc) is 4.16. The molecule has 13 aromatic rings. The van der Waals surface area contributed by atoms with Gasteiger partial charge in [-0.25, -0.2) is 0 Å². The largest absolute Gasteiger partial charge is 3.00 e. The topological polar surface area (TPSA) is 56.0 Å². The minimum atomic E-state index is -0.212. The molecule has 0 amide bonds. The smallest absolute Gasteiger partial charge is 0.328 e. The molecule has 0 aliphatic carbocycles. The van der Waals surface area contributed by atoms with Gasteiger partial charge in [0.25, 0.3) is 0 Å². The quantitative estimate of drug-likeness (QED) is 0.128. The molecule has 0 saturated heterocycles. The van der Waals surface area contributed by atoms with Gasteiger partial charge in [0, 0.05) is 30.2 Å². The second kappa shape index (κ2) is 21.1. The monoisotopic (exact) mass is 1180 g/mol. The first-order chi connectivity index (χ1) is 37.8. The van der Waals surface area contributed by atoms with Crippen LogP contribution in [-0.4, -0.2) is 24.3 Å². The van der Waals surface area contributed by atoms with Crippen LogP contribution in [0, 0.1) is 18.2 Å². The van der Waals surface area contributed by atoms with Crippen LogP contribution >= 0.6 is 0 Å². The van der Waals surface area contributed by atoms with Crippen molar-refractivity contribution in [1.82, 2.24) is 24.3 Å². The Kier molecular flexibility index (Phi) is 13.4. The number of aromatic nitrogens is 5. The Morgan fingerprint density at radius 3 is 1.45 bits per heavy atom. The Morgan fingerprint density at radius 1 is 0.359 bits per heavy atom. The van der Waals surface area contributed by atoms with E-state index in [9.17, 15) is 0 Å². The molecule has 0 atom stereocenters. The summed E-state index contributed by atoms with van der Waals surface area (Å²) in [6.07, 6.45) is 7.50. The molecule has 0 saturated carbocycles. The van der Waals surface area contributed by atoms with Gasteiger partial charge < -0.3 is 14.4 Å². The zero-order valence-corrected chi connectivity index (χ0v) is 45.6. The number of hydrogen-bond donors (Lipinski definition) is 0. The summed E-state index contributed by atoms with van der Waals surface area (Å²) in [6.45, 7) is 6.58. The van der Waals surface area contributed by atoms with E-state index in [0.717, 1.165) is 123 Å². The third-order valence-electron chi connectivity index (χ3n) is 14.4. The number of benzene rings is 9. The van der Waals surface area contributed by atoms with E-state index >= 15 is 0 Å². The average molecular weight is 1180 g/mol. The number of pyridine rings is 2. The first-order valence-electron chi connectivity index (χ1n) is 26.0. The fourth-order valence-corrected chi connectivity index (χ4v) is 10.7. The molecule has 0 N–H and O–H groups in total. The Morgan fingerprint density at radius 2 is 0.859 bits per heavy atom. The number of rotatable bonds is 10. The zero-order chi connectivity index (χ0) is 51.9. The van der Waals surface area contributed by atoms with Crippen molar-refractivity contribution >= 4 is 16.6 Å². The van der Waals surface area contributed by atoms with Gasteiger partial charge in [0.1, 0.15) is 5.82 Å². The van der Waals surface area contributed by atoms with Crippen molar-refractivity contribution in [3.8, 4) is 112 Å². The molecule has 13 rings (SSSR count). The summed E-state index contributed by atoms with van der Waals surface area (Å²) in [6, 6.07) is 90.6. The van der Waals surface area contributed by atoms with Crippen LogP contribution in [0.5, 0.6) is 0 Å². The van der Waals surface area contributed by atoms with Crippen LogP contribution in [0.1, 0.15) is 26.6 Å². The molecule has 0 aliphatic heterocycles. The van der Waals surface area contributed by atoms with Gasteiger partial charge in [0.2, 0.25) is 0 Å². The molecule has 0 fully saturated rings. The van der Waals surface area contributed by atoms with Gasteiger partial charge >= 0.3 is 20.1 Å². The van der Waals surface area contributed by atoms with Gasteiger partial charge in [-0.3, -0.25) is 9.97 Å². The molecule has 78 heavy (non-hydrogen) atoms. The number of nitrogens with zero attached hydrogens (tertiary/aromatic N) is 5. The van der Waals surface area contributed by atoms with Gasteiger partial charge in [-0.2, -0.15) is 0 Å². The third-order valence-corrected chi connectivity index (χ3v) is 14.4. The Hall–Kier alpha value is -9.19. The Bertz CT molecular complexity index is 4280. The van der Waals surface area contributed by atoms with Crippen molar-refractivity contribution in [3.05, 3.63) is 273 Å². The van der Waals surface area contributed by atoms with Crippen molar-refractivity contribution in [1.29, 1.82) is 0 Å². The van der Waals surface area contributed by atoms with Crippen LogP contribution in [-0.2, 0) is 25.5 Å². The van der Waals surface area contributed by atoms with Crippen molar-refractivity contribution in [2.45, 2.75) is 26.2 Å². The second-order valence-corrected chi connectivity index (χ2v) is 20.4. The molecule has 5 nitrogen and oxygen atoms in total. The number of fused-ring (bicyclic) bond motifs is 3. The third kappa shape index (κ3) is 9.58. The summed E-state index contributed by atoms with van der Waals surface area (Å²) in [5, 5.41) is 0.892. The molecule has 0 aliphatic rings. The summed E-state index contributed by atoms with van der Waals surface area (Å²) in [5.74, 6) is 0.950. The predicted molar refractivity (Wildman–Crippen MR) is 316 cm³/mol. The molecule has 6 heteroatoms. The van der Waals surface area contributed by atoms with Crippen LogP contribution in [0.25, 0.3) is 128 Å². The molecular weight excluding hydrogens is 1130 g/mol. The van der Waals surface area contributed by atoms with Crippen molar-refractivity contribution in [3.63, 3.8) is 0 Å².